The van der Waals surface area contributed by atoms with Crippen LogP contribution in [0.5, 0.6) is 0 Å². The van der Waals surface area contributed by atoms with Crippen molar-refractivity contribution >= 4 is 17.0 Å². The summed E-state index contributed by atoms with van der Waals surface area (Å²) in [5.74, 6) is 1.64. The number of hydrogen-bond acceptors (Lipinski definition) is 6. The summed E-state index contributed by atoms with van der Waals surface area (Å²) in [6.07, 6.45) is 6.00. The molecular weight excluding hydrogens is 338 g/mol. The summed E-state index contributed by atoms with van der Waals surface area (Å²) in [4.78, 5) is 18.3. The van der Waals surface area contributed by atoms with E-state index in [0.29, 0.717) is 11.8 Å². The van der Waals surface area contributed by atoms with Crippen LogP contribution in [0.25, 0.3) is 11.2 Å². The number of aryl methyl sites for hydroxylation is 2. The number of hydrogen-bond donors (Lipinski definition) is 0. The highest BCUT2D eigenvalue weighted by Crippen LogP contribution is 2.28. The van der Waals surface area contributed by atoms with Crippen molar-refractivity contribution in [2.75, 3.05) is 31.1 Å². The lowest BCUT2D eigenvalue weighted by Gasteiger charge is -2.41. The van der Waals surface area contributed by atoms with E-state index in [1.54, 1.807) is 6.33 Å². The van der Waals surface area contributed by atoms with Crippen LogP contribution in [0.3, 0.4) is 0 Å². The number of benzene rings is 1. The molecule has 0 amide bonds. The largest absolute Gasteiger partial charge is 0.422 e. The fraction of sp³-hybridized carbons (Fsp3) is 0.476. The lowest BCUT2D eigenvalue weighted by Crippen LogP contribution is -2.52. The van der Waals surface area contributed by atoms with E-state index in [1.165, 1.54) is 30.4 Å². The SMILES string of the molecule is CCc1nc2c(N3CCN(C4CCc5ccccc5C4)CC3)ncnc2o1. The molecule has 5 rings (SSSR count). The van der Waals surface area contributed by atoms with Gasteiger partial charge in [-0.25, -0.2) is 9.97 Å². The van der Waals surface area contributed by atoms with Crippen molar-refractivity contribution in [1.82, 2.24) is 19.9 Å². The van der Waals surface area contributed by atoms with E-state index in [-0.39, 0.29) is 0 Å². The van der Waals surface area contributed by atoms with E-state index >= 15 is 0 Å². The predicted molar refractivity (Wildman–Crippen MR) is 105 cm³/mol. The van der Waals surface area contributed by atoms with Gasteiger partial charge < -0.3 is 9.32 Å². The van der Waals surface area contributed by atoms with Gasteiger partial charge in [0.2, 0.25) is 0 Å². The number of rotatable bonds is 3. The van der Waals surface area contributed by atoms with Crippen LogP contribution in [-0.4, -0.2) is 52.1 Å². The Balaban J connectivity index is 1.29. The highest BCUT2D eigenvalue weighted by molar-refractivity contribution is 5.81. The Bertz CT molecular complexity index is 945. The first kappa shape index (κ1) is 16.7. The van der Waals surface area contributed by atoms with Gasteiger partial charge in [0.05, 0.1) is 0 Å². The van der Waals surface area contributed by atoms with Crippen LogP contribution in [-0.2, 0) is 19.3 Å². The molecule has 6 nitrogen and oxygen atoms in total. The highest BCUT2D eigenvalue weighted by Gasteiger charge is 2.28. The van der Waals surface area contributed by atoms with Crippen molar-refractivity contribution in [2.45, 2.75) is 38.6 Å². The molecule has 1 aliphatic heterocycles. The maximum absolute atomic E-state index is 5.70. The second kappa shape index (κ2) is 6.93. The monoisotopic (exact) mass is 363 g/mol. The Labute approximate surface area is 159 Å². The fourth-order valence-electron chi connectivity index (χ4n) is 4.46. The van der Waals surface area contributed by atoms with Gasteiger partial charge in [-0.05, 0) is 30.4 Å². The van der Waals surface area contributed by atoms with Crippen molar-refractivity contribution in [3.05, 3.63) is 47.6 Å². The van der Waals surface area contributed by atoms with Gasteiger partial charge >= 0.3 is 0 Å². The van der Waals surface area contributed by atoms with Gasteiger partial charge in [-0.15, -0.1) is 0 Å². The first-order valence-electron chi connectivity index (χ1n) is 9.98. The first-order valence-corrected chi connectivity index (χ1v) is 9.98. The smallest absolute Gasteiger partial charge is 0.252 e. The average Bonchev–Trinajstić information content (AvgIpc) is 3.17. The molecule has 2 aliphatic rings. The minimum absolute atomic E-state index is 0.600. The molecule has 0 N–H and O–H groups in total. The lowest BCUT2D eigenvalue weighted by molar-refractivity contribution is 0.170. The minimum Gasteiger partial charge on any atom is -0.422 e. The minimum atomic E-state index is 0.600. The van der Waals surface area contributed by atoms with Crippen molar-refractivity contribution in [3.63, 3.8) is 0 Å². The molecule has 0 spiro atoms. The van der Waals surface area contributed by atoms with Crippen LogP contribution < -0.4 is 4.90 Å². The third kappa shape index (κ3) is 3.08. The van der Waals surface area contributed by atoms with E-state index in [4.69, 9.17) is 4.42 Å². The Morgan fingerprint density at radius 3 is 2.70 bits per heavy atom. The van der Waals surface area contributed by atoms with Crippen molar-refractivity contribution < 1.29 is 4.42 Å². The fourth-order valence-corrected chi connectivity index (χ4v) is 4.46. The Morgan fingerprint density at radius 1 is 1.07 bits per heavy atom. The predicted octanol–water partition coefficient (Wildman–Crippen LogP) is 2.86. The highest BCUT2D eigenvalue weighted by atomic mass is 16.4. The summed E-state index contributed by atoms with van der Waals surface area (Å²) >= 11 is 0. The summed E-state index contributed by atoms with van der Waals surface area (Å²) in [7, 11) is 0. The van der Waals surface area contributed by atoms with Crippen LogP contribution in [0.2, 0.25) is 0 Å². The third-order valence-electron chi connectivity index (χ3n) is 5.97. The number of nitrogens with zero attached hydrogens (tertiary/aromatic N) is 5. The maximum atomic E-state index is 5.70. The summed E-state index contributed by atoms with van der Waals surface area (Å²) < 4.78 is 5.70. The van der Waals surface area contributed by atoms with E-state index in [0.717, 1.165) is 49.8 Å². The summed E-state index contributed by atoms with van der Waals surface area (Å²) in [5, 5.41) is 0. The molecule has 0 saturated carbocycles. The summed E-state index contributed by atoms with van der Waals surface area (Å²) in [5.41, 5.74) is 4.47. The molecule has 0 bridgehead atoms. The van der Waals surface area contributed by atoms with Crippen LogP contribution in [0.15, 0.2) is 35.0 Å². The first-order chi connectivity index (χ1) is 13.3. The lowest BCUT2D eigenvalue weighted by atomic mass is 9.87. The molecule has 2 aromatic heterocycles. The van der Waals surface area contributed by atoms with Crippen LogP contribution in [0.4, 0.5) is 5.82 Å². The van der Waals surface area contributed by atoms with Gasteiger partial charge in [-0.3, -0.25) is 4.90 Å². The number of piperazine rings is 1. The Hall–Kier alpha value is -2.47. The van der Waals surface area contributed by atoms with Crippen LogP contribution in [0, 0.1) is 0 Å². The molecule has 3 heterocycles. The van der Waals surface area contributed by atoms with E-state index in [9.17, 15) is 0 Å². The second-order valence-corrected chi connectivity index (χ2v) is 7.50. The van der Waals surface area contributed by atoms with Crippen LogP contribution in [0.1, 0.15) is 30.4 Å². The molecule has 1 unspecified atom stereocenters. The number of aromatic nitrogens is 3. The average molecular weight is 363 g/mol. The summed E-state index contributed by atoms with van der Waals surface area (Å²) in [6, 6.07) is 9.57. The van der Waals surface area contributed by atoms with Crippen molar-refractivity contribution in [3.8, 4) is 0 Å². The standard InChI is InChI=1S/C21H25N5O/c1-2-18-24-19-20(22-14-23-21(19)27-18)26-11-9-25(10-12-26)17-8-7-15-5-3-4-6-16(15)13-17/h3-6,14,17H,2,7-13H2,1H3. The topological polar surface area (TPSA) is 58.3 Å². The zero-order valence-electron chi connectivity index (χ0n) is 15.8. The number of anilines is 1. The number of fused-ring (bicyclic) bond motifs is 2. The molecule has 27 heavy (non-hydrogen) atoms. The van der Waals surface area contributed by atoms with Crippen molar-refractivity contribution in [2.24, 2.45) is 0 Å². The van der Waals surface area contributed by atoms with Gasteiger partial charge in [-0.2, -0.15) is 4.98 Å². The van der Waals surface area contributed by atoms with Gasteiger partial charge in [0.25, 0.3) is 5.71 Å². The number of oxazole rings is 1. The normalized spacial score (nSPS) is 20.8. The quantitative estimate of drug-likeness (QED) is 0.713. The van der Waals surface area contributed by atoms with Crippen LogP contribution >= 0.6 is 0 Å². The van der Waals surface area contributed by atoms with E-state index < -0.39 is 0 Å². The maximum Gasteiger partial charge on any atom is 0.252 e. The van der Waals surface area contributed by atoms with E-state index in [1.807, 2.05) is 6.92 Å². The molecule has 1 aliphatic carbocycles. The summed E-state index contributed by atoms with van der Waals surface area (Å²) in [6.45, 7) is 6.11. The molecule has 3 aromatic rings. The van der Waals surface area contributed by atoms with Gasteiger partial charge in [0, 0.05) is 38.6 Å². The second-order valence-electron chi connectivity index (χ2n) is 7.50. The molecule has 1 aromatic carbocycles. The van der Waals surface area contributed by atoms with Gasteiger partial charge in [-0.1, -0.05) is 31.2 Å². The molecule has 1 saturated heterocycles. The zero-order valence-corrected chi connectivity index (χ0v) is 15.8. The van der Waals surface area contributed by atoms with Crippen molar-refractivity contribution in [1.29, 1.82) is 0 Å². The molecule has 1 atom stereocenters. The Kier molecular flexibility index (Phi) is 4.28. The molecule has 6 heteroatoms. The zero-order chi connectivity index (χ0) is 18.2. The Morgan fingerprint density at radius 2 is 1.89 bits per heavy atom. The third-order valence-corrected chi connectivity index (χ3v) is 5.97. The van der Waals surface area contributed by atoms with Gasteiger partial charge in [0.1, 0.15) is 6.33 Å². The molecule has 140 valence electrons. The van der Waals surface area contributed by atoms with Gasteiger partial charge in [0.15, 0.2) is 17.2 Å². The van der Waals surface area contributed by atoms with E-state index in [2.05, 4.69) is 49.0 Å². The molecular formula is C21H25N5O. The molecule has 1 fully saturated rings. The molecule has 0 radical (unpaired) electrons.